The third-order valence-electron chi connectivity index (χ3n) is 21.2. The van der Waals surface area contributed by atoms with E-state index in [1.807, 2.05) is 0 Å². The van der Waals surface area contributed by atoms with Crippen LogP contribution in [-0.4, -0.2) is 96.7 Å². The van der Waals surface area contributed by atoms with E-state index < -0.39 is 97.5 Å². The summed E-state index contributed by atoms with van der Waals surface area (Å²) in [6.45, 7) is 12.0. The lowest BCUT2D eigenvalue weighted by molar-refractivity contribution is -0.161. The van der Waals surface area contributed by atoms with E-state index in [0.717, 1.165) is 108 Å². The first-order valence-electron chi connectivity index (χ1n) is 45.9. The number of carbonyl (C=O) groups is 4. The number of aliphatic hydroxyl groups excluding tert-OH is 1. The van der Waals surface area contributed by atoms with E-state index in [-0.39, 0.29) is 25.7 Å². The van der Waals surface area contributed by atoms with Crippen molar-refractivity contribution in [3.8, 4) is 0 Å². The maximum absolute atomic E-state index is 13.2. The number of esters is 4. The van der Waals surface area contributed by atoms with E-state index in [0.29, 0.717) is 25.7 Å². The fraction of sp³-hybridized carbons (Fsp3) is 0.955. The number of unbranched alkanes of at least 4 members (excludes halogenated alkanes) is 54. The zero-order chi connectivity index (χ0) is 79.3. The second-order valence-electron chi connectivity index (χ2n) is 33.2. The highest BCUT2D eigenvalue weighted by Crippen LogP contribution is 2.45. The predicted molar refractivity (Wildman–Crippen MR) is 446 cm³/mol. The van der Waals surface area contributed by atoms with Crippen LogP contribution in [0.5, 0.6) is 0 Å². The molecule has 0 aromatic heterocycles. The fourth-order valence-corrected chi connectivity index (χ4v) is 15.4. The normalized spacial score (nSPS) is 14.1. The molecule has 0 fully saturated rings. The molecule has 3 unspecified atom stereocenters. The van der Waals surface area contributed by atoms with Crippen LogP contribution < -0.4 is 0 Å². The molecular formula is C89H174O17P2. The van der Waals surface area contributed by atoms with Gasteiger partial charge in [0.25, 0.3) is 0 Å². The molecule has 0 aromatic carbocycles. The first-order chi connectivity index (χ1) is 52.3. The highest BCUT2D eigenvalue weighted by atomic mass is 31.2. The summed E-state index contributed by atoms with van der Waals surface area (Å²) in [7, 11) is -9.93. The van der Waals surface area contributed by atoms with E-state index in [4.69, 9.17) is 37.0 Å². The van der Waals surface area contributed by atoms with Crippen molar-refractivity contribution in [2.45, 2.75) is 491 Å². The number of aliphatic hydroxyl groups is 1. The zero-order valence-corrected chi connectivity index (χ0v) is 73.1. The standard InChI is InChI=1S/C89H174O17P2/c1-8-10-11-12-13-14-15-16-17-18-19-20-21-22-25-32-37-42-51-58-65-72-88(93)105-84(76-99-86(91)70-63-56-49-41-36-31-26-23-24-29-34-39-46-53-60-67-80(3)4)78-103-107(95,96)101-74-83(90)75-102-108(97,98)104-79-85(77-100-87(92)71-64-57-50-45-44-47-54-61-68-81(5)6)106-89(94)73-66-59-52-43-38-33-28-27-30-35-40-48-55-62-69-82(7)9-2/h80-85,90H,8-79H2,1-7H3,(H,95,96)(H,97,98)/t82?,83-,84-,85-/m1/s1. The Bertz CT molecular complexity index is 2080. The molecule has 0 radical (unpaired) electrons. The summed E-state index contributed by atoms with van der Waals surface area (Å²) in [5.74, 6) is 0.277. The Labute approximate surface area is 664 Å². The molecule has 6 atom stereocenters. The fourth-order valence-electron chi connectivity index (χ4n) is 13.9. The van der Waals surface area contributed by atoms with Crippen molar-refractivity contribution in [3.05, 3.63) is 0 Å². The minimum atomic E-state index is -4.97. The number of hydrogen-bond acceptors (Lipinski definition) is 15. The molecule has 0 aliphatic carbocycles. The Hall–Kier alpha value is -1.94. The molecule has 642 valence electrons. The van der Waals surface area contributed by atoms with Gasteiger partial charge < -0.3 is 33.8 Å². The zero-order valence-electron chi connectivity index (χ0n) is 71.3. The molecule has 0 rings (SSSR count). The van der Waals surface area contributed by atoms with Crippen LogP contribution in [0.25, 0.3) is 0 Å². The van der Waals surface area contributed by atoms with Crippen molar-refractivity contribution >= 4 is 39.5 Å². The molecule has 0 aliphatic heterocycles. The van der Waals surface area contributed by atoms with E-state index in [1.165, 1.54) is 283 Å². The minimum absolute atomic E-state index is 0.107. The third-order valence-corrected chi connectivity index (χ3v) is 23.1. The monoisotopic (exact) mass is 1580 g/mol. The van der Waals surface area contributed by atoms with Crippen molar-refractivity contribution in [2.75, 3.05) is 39.6 Å². The maximum atomic E-state index is 13.2. The second kappa shape index (κ2) is 78.9. The average Bonchev–Trinajstić information content (AvgIpc) is 0.903. The SMILES string of the molecule is CCCCCCCCCCCCCCCCCCCCCCCC(=O)O[C@H](COC(=O)CCCCCCCCCCCCCCCCCC(C)C)COP(=O)(O)OC[C@@H](O)COP(=O)(O)OC[C@@H](COC(=O)CCCCCCCCCCC(C)C)OC(=O)CCCCCCCCCCCCCCCCC(C)CC. The lowest BCUT2D eigenvalue weighted by Crippen LogP contribution is -2.30. The summed E-state index contributed by atoms with van der Waals surface area (Å²) < 4.78 is 69.0. The Morgan fingerprint density at radius 3 is 0.704 bits per heavy atom. The molecule has 0 aromatic rings. The summed E-state index contributed by atoms with van der Waals surface area (Å²) in [4.78, 5) is 73.3. The van der Waals surface area contributed by atoms with Gasteiger partial charge in [-0.2, -0.15) is 0 Å². The Balaban J connectivity index is 5.24. The van der Waals surface area contributed by atoms with Crippen molar-refractivity contribution in [2.24, 2.45) is 17.8 Å². The number of hydrogen-bond donors (Lipinski definition) is 3. The molecule has 19 heteroatoms. The van der Waals surface area contributed by atoms with Crippen LogP contribution in [-0.2, 0) is 65.4 Å². The van der Waals surface area contributed by atoms with Crippen LogP contribution in [0.15, 0.2) is 0 Å². The maximum Gasteiger partial charge on any atom is 0.472 e. The second-order valence-corrected chi connectivity index (χ2v) is 36.1. The molecular weight excluding hydrogens is 1400 g/mol. The van der Waals surface area contributed by atoms with Crippen LogP contribution in [0.3, 0.4) is 0 Å². The smallest absolute Gasteiger partial charge is 0.462 e. The molecule has 108 heavy (non-hydrogen) atoms. The summed E-state index contributed by atoms with van der Waals surface area (Å²) in [5.41, 5.74) is 0. The van der Waals surface area contributed by atoms with Gasteiger partial charge in [-0.05, 0) is 43.4 Å². The molecule has 0 saturated carbocycles. The van der Waals surface area contributed by atoms with Crippen LogP contribution in [0.2, 0.25) is 0 Å². The first kappa shape index (κ1) is 106. The van der Waals surface area contributed by atoms with E-state index in [9.17, 15) is 43.2 Å². The third kappa shape index (κ3) is 80.7. The molecule has 0 saturated heterocycles. The van der Waals surface area contributed by atoms with E-state index in [2.05, 4.69) is 48.5 Å². The van der Waals surface area contributed by atoms with Gasteiger partial charge in [-0.1, -0.05) is 421 Å². The number of phosphoric acid groups is 2. The molecule has 17 nitrogen and oxygen atoms in total. The van der Waals surface area contributed by atoms with Crippen LogP contribution >= 0.6 is 15.6 Å². The van der Waals surface area contributed by atoms with Gasteiger partial charge in [-0.3, -0.25) is 37.3 Å². The molecule has 0 spiro atoms. The number of carbonyl (C=O) groups excluding carboxylic acids is 4. The summed E-state index contributed by atoms with van der Waals surface area (Å²) in [6.07, 6.45) is 70.9. The van der Waals surface area contributed by atoms with Crippen molar-refractivity contribution in [1.82, 2.24) is 0 Å². The largest absolute Gasteiger partial charge is 0.472 e. The Morgan fingerprint density at radius 1 is 0.269 bits per heavy atom. The van der Waals surface area contributed by atoms with Gasteiger partial charge in [0.1, 0.15) is 19.3 Å². The lowest BCUT2D eigenvalue weighted by Gasteiger charge is -2.21. The molecule has 0 amide bonds. The van der Waals surface area contributed by atoms with E-state index >= 15 is 0 Å². The highest BCUT2D eigenvalue weighted by molar-refractivity contribution is 7.47. The first-order valence-corrected chi connectivity index (χ1v) is 48.9. The Morgan fingerprint density at radius 2 is 0.472 bits per heavy atom. The molecule has 3 N–H and O–H groups in total. The minimum Gasteiger partial charge on any atom is -0.462 e. The Kier molecular flexibility index (Phi) is 77.5. The molecule has 0 aliphatic rings. The lowest BCUT2D eigenvalue weighted by atomic mass is 9.99. The summed E-state index contributed by atoms with van der Waals surface area (Å²) in [5, 5.41) is 10.7. The predicted octanol–water partition coefficient (Wildman–Crippen LogP) is 27.3. The van der Waals surface area contributed by atoms with Crippen molar-refractivity contribution < 1.29 is 80.2 Å². The highest BCUT2D eigenvalue weighted by Gasteiger charge is 2.31. The van der Waals surface area contributed by atoms with Gasteiger partial charge in [0, 0.05) is 25.7 Å². The molecule has 0 heterocycles. The topological polar surface area (TPSA) is 237 Å². The van der Waals surface area contributed by atoms with Gasteiger partial charge in [0.15, 0.2) is 12.2 Å². The number of phosphoric ester groups is 2. The van der Waals surface area contributed by atoms with Gasteiger partial charge in [0.2, 0.25) is 0 Å². The van der Waals surface area contributed by atoms with Gasteiger partial charge in [-0.15, -0.1) is 0 Å². The average molecular weight is 1580 g/mol. The van der Waals surface area contributed by atoms with E-state index in [1.54, 1.807) is 0 Å². The molecule has 0 bridgehead atoms. The van der Waals surface area contributed by atoms with Gasteiger partial charge in [0.05, 0.1) is 26.4 Å². The van der Waals surface area contributed by atoms with Gasteiger partial charge >= 0.3 is 39.5 Å². The number of rotatable bonds is 87. The summed E-state index contributed by atoms with van der Waals surface area (Å²) in [6, 6.07) is 0. The van der Waals surface area contributed by atoms with Crippen molar-refractivity contribution in [1.29, 1.82) is 0 Å². The van der Waals surface area contributed by atoms with Crippen molar-refractivity contribution in [3.63, 3.8) is 0 Å². The summed E-state index contributed by atoms with van der Waals surface area (Å²) >= 11 is 0. The number of ether oxygens (including phenoxy) is 4. The van der Waals surface area contributed by atoms with Crippen LogP contribution in [0.4, 0.5) is 0 Å². The van der Waals surface area contributed by atoms with Gasteiger partial charge in [-0.25, -0.2) is 9.13 Å². The van der Waals surface area contributed by atoms with Crippen LogP contribution in [0.1, 0.15) is 472 Å². The van der Waals surface area contributed by atoms with Crippen LogP contribution in [0, 0.1) is 17.8 Å². The quantitative estimate of drug-likeness (QED) is 0.0222.